The summed E-state index contributed by atoms with van der Waals surface area (Å²) in [6, 6.07) is 9.15. The van der Waals surface area contributed by atoms with Crippen LogP contribution in [0.25, 0.3) is 0 Å². The largest absolute Gasteiger partial charge is 0.478 e. The van der Waals surface area contributed by atoms with Gasteiger partial charge in [-0.15, -0.1) is 0 Å². The van der Waals surface area contributed by atoms with Gasteiger partial charge in [-0.25, -0.2) is 4.79 Å². The molecule has 3 rings (SSSR count). The molecule has 1 amide bonds. The first-order chi connectivity index (χ1) is 15.1. The second kappa shape index (κ2) is 9.38. The Bertz CT molecular complexity index is 1080. The summed E-state index contributed by atoms with van der Waals surface area (Å²) < 4.78 is 39.9. The maximum atomic E-state index is 13.3. The first-order valence-corrected chi connectivity index (χ1v) is 10.1. The Morgan fingerprint density at radius 2 is 1.66 bits per heavy atom. The summed E-state index contributed by atoms with van der Waals surface area (Å²) in [5.74, 6) is -3.08. The lowest BCUT2D eigenvalue weighted by Gasteiger charge is -2.26. The second-order valence-corrected chi connectivity index (χ2v) is 7.76. The van der Waals surface area contributed by atoms with Crippen LogP contribution < -0.4 is 5.32 Å². The molecule has 168 valence electrons. The van der Waals surface area contributed by atoms with E-state index >= 15 is 0 Å². The van der Waals surface area contributed by atoms with Crippen LogP contribution >= 0.6 is 0 Å². The molecule has 0 radical (unpaired) electrons. The van der Waals surface area contributed by atoms with Gasteiger partial charge in [0, 0.05) is 18.0 Å². The maximum Gasteiger partial charge on any atom is 0.416 e. The predicted molar refractivity (Wildman–Crippen MR) is 112 cm³/mol. The number of ketones is 1. The van der Waals surface area contributed by atoms with E-state index < -0.39 is 35.5 Å². The third-order valence-electron chi connectivity index (χ3n) is 5.62. The minimum atomic E-state index is -4.62. The van der Waals surface area contributed by atoms with Crippen LogP contribution in [-0.4, -0.2) is 22.8 Å². The Labute approximate surface area is 182 Å². The van der Waals surface area contributed by atoms with E-state index in [1.165, 1.54) is 19.1 Å². The zero-order valence-corrected chi connectivity index (χ0v) is 17.3. The molecule has 2 unspecified atom stereocenters. The molecular weight excluding hydrogens is 423 g/mol. The number of nitrogens with one attached hydrogen (secondary N) is 1. The SMILES string of the molecule is CC(=O)C1CC=CCC1C(=O)Nc1cc(C(F)(F)F)ccc1Cc1ccccc1C(=O)O. The van der Waals surface area contributed by atoms with Gasteiger partial charge < -0.3 is 10.4 Å². The quantitative estimate of drug-likeness (QED) is 0.606. The number of alkyl halides is 3. The van der Waals surface area contributed by atoms with Gasteiger partial charge in [0.15, 0.2) is 0 Å². The summed E-state index contributed by atoms with van der Waals surface area (Å²) in [6.07, 6.45) is -0.307. The molecule has 0 bridgehead atoms. The number of carbonyl (C=O) groups excluding carboxylic acids is 2. The number of carboxylic acids is 1. The van der Waals surface area contributed by atoms with Crippen molar-refractivity contribution >= 4 is 23.3 Å². The minimum Gasteiger partial charge on any atom is -0.478 e. The van der Waals surface area contributed by atoms with E-state index in [-0.39, 0.29) is 23.5 Å². The zero-order chi connectivity index (χ0) is 23.5. The highest BCUT2D eigenvalue weighted by Crippen LogP contribution is 2.34. The predicted octanol–water partition coefficient (Wildman–Crippen LogP) is 5.10. The van der Waals surface area contributed by atoms with Gasteiger partial charge in [-0.05, 0) is 49.1 Å². The summed E-state index contributed by atoms with van der Waals surface area (Å²) in [7, 11) is 0. The maximum absolute atomic E-state index is 13.3. The van der Waals surface area contributed by atoms with E-state index in [0.29, 0.717) is 24.0 Å². The number of carbonyl (C=O) groups is 3. The fourth-order valence-corrected chi connectivity index (χ4v) is 3.89. The van der Waals surface area contributed by atoms with Gasteiger partial charge >= 0.3 is 12.1 Å². The average Bonchev–Trinajstić information content (AvgIpc) is 2.74. The number of rotatable bonds is 6. The number of amides is 1. The number of halogens is 3. The summed E-state index contributed by atoms with van der Waals surface area (Å²) in [5, 5.41) is 12.0. The summed E-state index contributed by atoms with van der Waals surface area (Å²) >= 11 is 0. The van der Waals surface area contributed by atoms with E-state index in [1.54, 1.807) is 24.3 Å². The molecule has 0 saturated carbocycles. The third kappa shape index (κ3) is 5.25. The molecule has 0 fully saturated rings. The number of benzene rings is 2. The van der Waals surface area contributed by atoms with Gasteiger partial charge in [0.2, 0.25) is 5.91 Å². The summed E-state index contributed by atoms with van der Waals surface area (Å²) in [5.41, 5.74) is -0.224. The van der Waals surface area contributed by atoms with E-state index in [9.17, 15) is 32.7 Å². The van der Waals surface area contributed by atoms with E-state index in [1.807, 2.05) is 6.08 Å². The number of allylic oxidation sites excluding steroid dienone is 2. The smallest absolute Gasteiger partial charge is 0.416 e. The van der Waals surface area contributed by atoms with Crippen molar-refractivity contribution in [1.82, 2.24) is 0 Å². The highest BCUT2D eigenvalue weighted by Gasteiger charge is 2.34. The zero-order valence-electron chi connectivity index (χ0n) is 17.3. The van der Waals surface area contributed by atoms with E-state index in [0.717, 1.165) is 12.1 Å². The Kier molecular flexibility index (Phi) is 6.81. The fourth-order valence-electron chi connectivity index (χ4n) is 3.89. The van der Waals surface area contributed by atoms with Crippen molar-refractivity contribution in [3.63, 3.8) is 0 Å². The molecule has 8 heteroatoms. The number of anilines is 1. The molecular formula is C24H22F3NO4. The van der Waals surface area contributed by atoms with Crippen LogP contribution in [0.3, 0.4) is 0 Å². The standard InChI is InChI=1S/C24H22F3NO4/c1-14(29)18-7-4-5-9-20(18)22(30)28-21-13-17(24(25,26)27)11-10-16(21)12-15-6-2-3-8-19(15)23(31)32/h2-6,8,10-11,13,18,20H,7,9,12H2,1H3,(H,28,30)(H,31,32). The van der Waals surface area contributed by atoms with Crippen LogP contribution in [-0.2, 0) is 22.2 Å². The fraction of sp³-hybridized carbons (Fsp3) is 0.292. The van der Waals surface area contributed by atoms with Crippen LogP contribution in [0.2, 0.25) is 0 Å². The molecule has 0 heterocycles. The number of hydrogen-bond donors (Lipinski definition) is 2. The van der Waals surface area contributed by atoms with Crippen molar-refractivity contribution < 1.29 is 32.7 Å². The Morgan fingerprint density at radius 1 is 1.00 bits per heavy atom. The lowest BCUT2D eigenvalue weighted by molar-refractivity contribution is -0.137. The Balaban J connectivity index is 1.97. The molecule has 2 aromatic carbocycles. The third-order valence-corrected chi connectivity index (χ3v) is 5.62. The van der Waals surface area contributed by atoms with Gasteiger partial charge in [0.25, 0.3) is 0 Å². The molecule has 1 aliphatic rings. The lowest BCUT2D eigenvalue weighted by atomic mass is 9.80. The van der Waals surface area contributed by atoms with Crippen molar-refractivity contribution in [1.29, 1.82) is 0 Å². The molecule has 0 saturated heterocycles. The van der Waals surface area contributed by atoms with E-state index in [2.05, 4.69) is 5.32 Å². The highest BCUT2D eigenvalue weighted by molar-refractivity contribution is 5.97. The minimum absolute atomic E-state index is 0.0108. The van der Waals surface area contributed by atoms with Crippen molar-refractivity contribution in [3.05, 3.63) is 76.9 Å². The normalized spacial score (nSPS) is 18.2. The van der Waals surface area contributed by atoms with Crippen LogP contribution in [0, 0.1) is 11.8 Å². The van der Waals surface area contributed by atoms with Crippen molar-refractivity contribution in [2.45, 2.75) is 32.4 Å². The van der Waals surface area contributed by atoms with E-state index in [4.69, 9.17) is 0 Å². The monoisotopic (exact) mass is 445 g/mol. The van der Waals surface area contributed by atoms with Gasteiger partial charge in [0.05, 0.1) is 17.0 Å². The molecule has 0 aromatic heterocycles. The van der Waals surface area contributed by atoms with Gasteiger partial charge in [-0.3, -0.25) is 9.59 Å². The first-order valence-electron chi connectivity index (χ1n) is 10.1. The molecule has 0 aliphatic heterocycles. The molecule has 2 N–H and O–H groups in total. The molecule has 2 atom stereocenters. The van der Waals surface area contributed by atoms with Gasteiger partial charge in [-0.2, -0.15) is 13.2 Å². The molecule has 32 heavy (non-hydrogen) atoms. The topological polar surface area (TPSA) is 83.5 Å². The van der Waals surface area contributed by atoms with Crippen LogP contribution in [0.4, 0.5) is 18.9 Å². The Hall–Kier alpha value is -3.42. The first kappa shape index (κ1) is 23.2. The average molecular weight is 445 g/mol. The van der Waals surface area contributed by atoms with Gasteiger partial charge in [0.1, 0.15) is 5.78 Å². The van der Waals surface area contributed by atoms with Crippen LogP contribution in [0.15, 0.2) is 54.6 Å². The van der Waals surface area contributed by atoms with Crippen molar-refractivity contribution in [2.24, 2.45) is 11.8 Å². The summed E-state index contributed by atoms with van der Waals surface area (Å²) in [4.78, 5) is 36.4. The molecule has 5 nitrogen and oxygen atoms in total. The number of hydrogen-bond acceptors (Lipinski definition) is 3. The molecule has 0 spiro atoms. The lowest BCUT2D eigenvalue weighted by Crippen LogP contribution is -2.34. The van der Waals surface area contributed by atoms with Crippen molar-refractivity contribution in [3.8, 4) is 0 Å². The van der Waals surface area contributed by atoms with Crippen LogP contribution in [0.1, 0.15) is 46.8 Å². The number of Topliss-reactive ketones (excluding diaryl/α,β-unsaturated/α-hetero) is 1. The molecule has 2 aromatic rings. The number of carboxylic acid groups (broad SMARTS) is 1. The van der Waals surface area contributed by atoms with Crippen LogP contribution in [0.5, 0.6) is 0 Å². The van der Waals surface area contributed by atoms with Gasteiger partial charge in [-0.1, -0.05) is 36.4 Å². The Morgan fingerprint density at radius 3 is 2.28 bits per heavy atom. The van der Waals surface area contributed by atoms with Crippen molar-refractivity contribution in [2.75, 3.05) is 5.32 Å². The second-order valence-electron chi connectivity index (χ2n) is 7.76. The molecule has 1 aliphatic carbocycles. The summed E-state index contributed by atoms with van der Waals surface area (Å²) in [6.45, 7) is 1.39. The number of aromatic carboxylic acids is 1. The highest BCUT2D eigenvalue weighted by atomic mass is 19.4.